The molecule has 1 aromatic heterocycles. The standard InChI is InChI=1S/C13H22N4S/c1-2-8-18-9-11-15-12(17-13(14)16-11)10-6-4-3-5-7-10/h10H,2-9H2,1H3,(H2,14,15,16,17). The Morgan fingerprint density at radius 1 is 1.17 bits per heavy atom. The fourth-order valence-corrected chi connectivity index (χ4v) is 3.12. The van der Waals surface area contributed by atoms with Crippen molar-refractivity contribution in [2.75, 3.05) is 11.5 Å². The molecule has 1 heterocycles. The Balaban J connectivity index is 2.05. The fourth-order valence-electron chi connectivity index (χ4n) is 2.37. The minimum atomic E-state index is 0.387. The summed E-state index contributed by atoms with van der Waals surface area (Å²) < 4.78 is 0. The van der Waals surface area contributed by atoms with Crippen molar-refractivity contribution in [3.63, 3.8) is 0 Å². The molecule has 2 rings (SSSR count). The maximum absolute atomic E-state index is 5.80. The summed E-state index contributed by atoms with van der Waals surface area (Å²) in [5.74, 6) is 4.65. The first kappa shape index (κ1) is 13.6. The predicted molar refractivity (Wildman–Crippen MR) is 76.5 cm³/mol. The zero-order valence-electron chi connectivity index (χ0n) is 11.1. The maximum Gasteiger partial charge on any atom is 0.223 e. The molecule has 0 bridgehead atoms. The van der Waals surface area contributed by atoms with Crippen LogP contribution < -0.4 is 5.73 Å². The third-order valence-corrected chi connectivity index (χ3v) is 4.43. The quantitative estimate of drug-likeness (QED) is 0.829. The van der Waals surface area contributed by atoms with Crippen LogP contribution >= 0.6 is 11.8 Å². The topological polar surface area (TPSA) is 64.7 Å². The van der Waals surface area contributed by atoms with E-state index in [1.54, 1.807) is 0 Å². The van der Waals surface area contributed by atoms with Crippen LogP contribution in [0.2, 0.25) is 0 Å². The van der Waals surface area contributed by atoms with E-state index in [9.17, 15) is 0 Å². The zero-order chi connectivity index (χ0) is 12.8. The van der Waals surface area contributed by atoms with E-state index in [2.05, 4.69) is 21.9 Å². The Labute approximate surface area is 113 Å². The van der Waals surface area contributed by atoms with Crippen molar-refractivity contribution in [1.82, 2.24) is 15.0 Å². The first-order valence-corrected chi connectivity index (χ1v) is 8.03. The van der Waals surface area contributed by atoms with Crippen LogP contribution in [0.15, 0.2) is 0 Å². The van der Waals surface area contributed by atoms with Gasteiger partial charge in [-0.3, -0.25) is 0 Å². The van der Waals surface area contributed by atoms with E-state index in [0.717, 1.165) is 23.2 Å². The van der Waals surface area contributed by atoms with Gasteiger partial charge in [0, 0.05) is 5.92 Å². The summed E-state index contributed by atoms with van der Waals surface area (Å²) in [6.45, 7) is 2.18. The molecule has 0 saturated heterocycles. The van der Waals surface area contributed by atoms with Gasteiger partial charge in [0.2, 0.25) is 5.95 Å². The lowest BCUT2D eigenvalue weighted by Gasteiger charge is -2.20. The second kappa shape index (κ2) is 6.92. The summed E-state index contributed by atoms with van der Waals surface area (Å²) >= 11 is 1.86. The van der Waals surface area contributed by atoms with Crippen molar-refractivity contribution in [3.8, 4) is 0 Å². The van der Waals surface area contributed by atoms with Gasteiger partial charge < -0.3 is 5.73 Å². The first-order valence-electron chi connectivity index (χ1n) is 6.87. The lowest BCUT2D eigenvalue weighted by atomic mass is 9.89. The molecule has 100 valence electrons. The van der Waals surface area contributed by atoms with Gasteiger partial charge in [-0.1, -0.05) is 26.2 Å². The smallest absolute Gasteiger partial charge is 0.223 e. The van der Waals surface area contributed by atoms with Crippen LogP contribution in [0.25, 0.3) is 0 Å². The molecule has 0 amide bonds. The molecule has 0 spiro atoms. The van der Waals surface area contributed by atoms with Crippen LogP contribution in [0.1, 0.15) is 63.0 Å². The number of aromatic nitrogens is 3. The number of nitrogens with zero attached hydrogens (tertiary/aromatic N) is 3. The number of thioether (sulfide) groups is 1. The highest BCUT2D eigenvalue weighted by Gasteiger charge is 2.19. The van der Waals surface area contributed by atoms with Gasteiger partial charge in [0.1, 0.15) is 11.6 Å². The van der Waals surface area contributed by atoms with Gasteiger partial charge in [0.05, 0.1) is 5.75 Å². The monoisotopic (exact) mass is 266 g/mol. The van der Waals surface area contributed by atoms with Crippen LogP contribution in [0.3, 0.4) is 0 Å². The average molecular weight is 266 g/mol. The molecular formula is C13H22N4S. The third-order valence-electron chi connectivity index (χ3n) is 3.27. The molecule has 18 heavy (non-hydrogen) atoms. The Hall–Kier alpha value is -0.840. The van der Waals surface area contributed by atoms with Crippen LogP contribution in [0.5, 0.6) is 0 Å². The lowest BCUT2D eigenvalue weighted by molar-refractivity contribution is 0.427. The maximum atomic E-state index is 5.80. The van der Waals surface area contributed by atoms with Crippen LogP contribution in [0, 0.1) is 0 Å². The Kier molecular flexibility index (Phi) is 5.23. The SMILES string of the molecule is CCCSCc1nc(N)nc(C2CCCCC2)n1. The Morgan fingerprint density at radius 3 is 2.67 bits per heavy atom. The summed E-state index contributed by atoms with van der Waals surface area (Å²) in [4.78, 5) is 13.2. The van der Waals surface area contributed by atoms with Crippen LogP contribution in [-0.2, 0) is 5.75 Å². The van der Waals surface area contributed by atoms with Gasteiger partial charge in [-0.2, -0.15) is 21.7 Å². The second-order valence-electron chi connectivity index (χ2n) is 4.86. The fraction of sp³-hybridized carbons (Fsp3) is 0.769. The molecule has 1 aromatic rings. The van der Waals surface area contributed by atoms with Crippen LogP contribution in [-0.4, -0.2) is 20.7 Å². The highest BCUT2D eigenvalue weighted by molar-refractivity contribution is 7.98. The molecule has 0 aromatic carbocycles. The molecule has 1 aliphatic rings. The lowest BCUT2D eigenvalue weighted by Crippen LogP contribution is -2.13. The van der Waals surface area contributed by atoms with E-state index in [1.807, 2.05) is 11.8 Å². The van der Waals surface area contributed by atoms with E-state index in [0.29, 0.717) is 11.9 Å². The van der Waals surface area contributed by atoms with Crippen molar-refractivity contribution in [2.24, 2.45) is 0 Å². The van der Waals surface area contributed by atoms with Gasteiger partial charge in [-0.05, 0) is 25.0 Å². The van der Waals surface area contributed by atoms with E-state index in [1.165, 1.54) is 38.5 Å². The minimum Gasteiger partial charge on any atom is -0.368 e. The highest BCUT2D eigenvalue weighted by atomic mass is 32.2. The number of hydrogen-bond donors (Lipinski definition) is 1. The summed E-state index contributed by atoms with van der Waals surface area (Å²) in [6.07, 6.45) is 7.50. The summed E-state index contributed by atoms with van der Waals surface area (Å²) in [5, 5.41) is 0. The molecule has 1 saturated carbocycles. The average Bonchev–Trinajstić information content (AvgIpc) is 2.39. The zero-order valence-corrected chi connectivity index (χ0v) is 11.9. The first-order chi connectivity index (χ1) is 8.79. The molecule has 2 N–H and O–H groups in total. The van der Waals surface area contributed by atoms with Crippen molar-refractivity contribution < 1.29 is 0 Å². The second-order valence-corrected chi connectivity index (χ2v) is 5.96. The van der Waals surface area contributed by atoms with Crippen molar-refractivity contribution in [1.29, 1.82) is 0 Å². The number of nitrogen functional groups attached to an aromatic ring is 1. The van der Waals surface area contributed by atoms with Gasteiger partial charge >= 0.3 is 0 Å². The largest absolute Gasteiger partial charge is 0.368 e. The Morgan fingerprint density at radius 2 is 1.94 bits per heavy atom. The molecule has 0 aliphatic heterocycles. The number of anilines is 1. The number of hydrogen-bond acceptors (Lipinski definition) is 5. The molecule has 1 fully saturated rings. The molecule has 4 nitrogen and oxygen atoms in total. The highest BCUT2D eigenvalue weighted by Crippen LogP contribution is 2.30. The van der Waals surface area contributed by atoms with Gasteiger partial charge in [-0.15, -0.1) is 0 Å². The van der Waals surface area contributed by atoms with E-state index in [-0.39, 0.29) is 0 Å². The minimum absolute atomic E-state index is 0.387. The molecule has 0 unspecified atom stereocenters. The molecule has 5 heteroatoms. The van der Waals surface area contributed by atoms with E-state index in [4.69, 9.17) is 5.73 Å². The number of rotatable bonds is 5. The van der Waals surface area contributed by atoms with Gasteiger partial charge in [0.15, 0.2) is 0 Å². The summed E-state index contributed by atoms with van der Waals surface area (Å²) in [7, 11) is 0. The molecule has 1 aliphatic carbocycles. The van der Waals surface area contributed by atoms with Crippen molar-refractivity contribution >= 4 is 17.7 Å². The summed E-state index contributed by atoms with van der Waals surface area (Å²) in [6, 6.07) is 0. The summed E-state index contributed by atoms with van der Waals surface area (Å²) in [5.41, 5.74) is 5.80. The van der Waals surface area contributed by atoms with Crippen molar-refractivity contribution in [2.45, 2.75) is 57.1 Å². The molecular weight excluding hydrogens is 244 g/mol. The normalized spacial score (nSPS) is 16.9. The Bertz CT molecular complexity index is 377. The number of nitrogens with two attached hydrogens (primary N) is 1. The molecule has 0 radical (unpaired) electrons. The van der Waals surface area contributed by atoms with E-state index >= 15 is 0 Å². The predicted octanol–water partition coefficient (Wildman–Crippen LogP) is 3.14. The van der Waals surface area contributed by atoms with Gasteiger partial charge in [0.25, 0.3) is 0 Å². The molecule has 0 atom stereocenters. The van der Waals surface area contributed by atoms with Crippen LogP contribution in [0.4, 0.5) is 5.95 Å². The van der Waals surface area contributed by atoms with E-state index < -0.39 is 0 Å². The third kappa shape index (κ3) is 3.83. The van der Waals surface area contributed by atoms with Crippen molar-refractivity contribution in [3.05, 3.63) is 11.6 Å². The van der Waals surface area contributed by atoms with Gasteiger partial charge in [-0.25, -0.2) is 4.98 Å².